The number of allylic oxidation sites excluding steroid dienone is 8. The van der Waals surface area contributed by atoms with Crippen LogP contribution in [-0.4, -0.2) is 32.9 Å². The molecule has 0 aliphatic rings. The molecule has 0 saturated carbocycles. The van der Waals surface area contributed by atoms with Crippen molar-refractivity contribution in [3.63, 3.8) is 0 Å². The van der Waals surface area contributed by atoms with Crippen LogP contribution in [0.25, 0.3) is 11.0 Å². The first-order valence-corrected chi connectivity index (χ1v) is 12.0. The maximum Gasteiger partial charge on any atom is 0.303 e. The van der Waals surface area contributed by atoms with Crippen LogP contribution in [0.2, 0.25) is 0 Å². The Hall–Kier alpha value is -3.75. The van der Waals surface area contributed by atoms with Crippen LogP contribution in [0.1, 0.15) is 64.2 Å². The van der Waals surface area contributed by atoms with Gasteiger partial charge in [0.25, 0.3) is 0 Å². The molecule has 0 radical (unpaired) electrons. The lowest BCUT2D eigenvalue weighted by Crippen LogP contribution is -2.02. The third-order valence-corrected chi connectivity index (χ3v) is 5.20. The monoisotopic (exact) mass is 482 g/mol. The van der Waals surface area contributed by atoms with Gasteiger partial charge in [0.15, 0.2) is 5.52 Å². The van der Waals surface area contributed by atoms with Crippen molar-refractivity contribution in [2.24, 2.45) is 0 Å². The number of nitrogens with zero attached hydrogens (tertiary/aromatic N) is 3. The number of nitro benzene ring substituents is 1. The molecule has 9 nitrogen and oxygen atoms in total. The van der Waals surface area contributed by atoms with Gasteiger partial charge in [-0.3, -0.25) is 14.9 Å². The number of rotatable bonds is 18. The number of unbranched alkanes of at least 4 members (excludes halogenated alkanes) is 4. The van der Waals surface area contributed by atoms with Gasteiger partial charge in [0.1, 0.15) is 0 Å². The Labute approximate surface area is 205 Å². The highest BCUT2D eigenvalue weighted by molar-refractivity contribution is 5.93. The highest BCUT2D eigenvalue weighted by Gasteiger charge is 2.19. The lowest BCUT2D eigenvalue weighted by molar-refractivity contribution is -0.383. The molecule has 1 heterocycles. The third-order valence-electron chi connectivity index (χ3n) is 5.20. The van der Waals surface area contributed by atoms with Crippen molar-refractivity contribution in [2.75, 3.05) is 11.9 Å². The summed E-state index contributed by atoms with van der Waals surface area (Å²) in [5.74, 6) is -0.736. The van der Waals surface area contributed by atoms with E-state index in [0.717, 1.165) is 57.9 Å². The maximum atomic E-state index is 11.0. The van der Waals surface area contributed by atoms with Gasteiger partial charge in [-0.05, 0) is 67.7 Å². The minimum atomic E-state index is -0.736. The molecule has 1 aromatic carbocycles. The minimum Gasteiger partial charge on any atom is -0.481 e. The number of carbonyl (C=O) groups is 1. The van der Waals surface area contributed by atoms with E-state index in [9.17, 15) is 14.9 Å². The van der Waals surface area contributed by atoms with Crippen LogP contribution in [0.5, 0.6) is 0 Å². The molecule has 0 atom stereocenters. The van der Waals surface area contributed by atoms with Gasteiger partial charge >= 0.3 is 11.7 Å². The number of hydrogen-bond acceptors (Lipinski definition) is 7. The molecule has 0 aliphatic carbocycles. The zero-order chi connectivity index (χ0) is 25.1. The molecule has 0 amide bonds. The summed E-state index contributed by atoms with van der Waals surface area (Å²) in [5, 5.41) is 30.3. The number of anilines is 1. The highest BCUT2D eigenvalue weighted by Crippen LogP contribution is 2.28. The number of benzene rings is 1. The molecule has 0 saturated heterocycles. The van der Waals surface area contributed by atoms with E-state index in [1.165, 1.54) is 6.07 Å². The molecular weight excluding hydrogens is 448 g/mol. The molecule has 9 heteroatoms. The van der Waals surface area contributed by atoms with E-state index in [-0.39, 0.29) is 17.6 Å². The van der Waals surface area contributed by atoms with Gasteiger partial charge in [-0.2, -0.15) is 0 Å². The molecule has 0 bridgehead atoms. The van der Waals surface area contributed by atoms with E-state index >= 15 is 0 Å². The summed E-state index contributed by atoms with van der Waals surface area (Å²) >= 11 is 0. The molecule has 188 valence electrons. The van der Waals surface area contributed by atoms with Crippen molar-refractivity contribution < 1.29 is 19.5 Å². The van der Waals surface area contributed by atoms with E-state index < -0.39 is 10.9 Å². The summed E-state index contributed by atoms with van der Waals surface area (Å²) in [5.41, 5.74) is 1.13. The maximum absolute atomic E-state index is 11.0. The van der Waals surface area contributed by atoms with Crippen molar-refractivity contribution in [1.29, 1.82) is 0 Å². The average Bonchev–Trinajstić information content (AvgIpc) is 3.32. The molecule has 35 heavy (non-hydrogen) atoms. The van der Waals surface area contributed by atoms with Gasteiger partial charge in [-0.1, -0.05) is 55.0 Å². The third kappa shape index (κ3) is 11.3. The fraction of sp³-hybridized carbons (Fsp3) is 0.423. The standard InChI is InChI=1S/C26H34N4O5/c31-24(32)18-16-14-12-10-8-6-4-2-1-3-5-7-9-11-13-15-17-21-27-22-19-20-23(30(33)34)26-25(22)28-35-29-26/h1,3-4,6-7,9-10,12,19-20,27H,2,5,8,11,13-18,21H2,(H,31,32)/b3-1-,6-4-,9-7-,12-10-. The Morgan fingerprint density at radius 3 is 2.11 bits per heavy atom. The first-order valence-electron chi connectivity index (χ1n) is 12.0. The first-order chi connectivity index (χ1) is 17.1. The van der Waals surface area contributed by atoms with Crippen molar-refractivity contribution >= 4 is 28.4 Å². The Kier molecular flexibility index (Phi) is 13.2. The number of hydrogen-bond donors (Lipinski definition) is 2. The van der Waals surface area contributed by atoms with Gasteiger partial charge < -0.3 is 10.4 Å². The summed E-state index contributed by atoms with van der Waals surface area (Å²) in [4.78, 5) is 20.9. The number of carboxylic acids is 1. The largest absolute Gasteiger partial charge is 0.481 e. The van der Waals surface area contributed by atoms with Crippen molar-refractivity contribution in [1.82, 2.24) is 10.3 Å². The topological polar surface area (TPSA) is 131 Å². The van der Waals surface area contributed by atoms with Crippen LogP contribution in [0.3, 0.4) is 0 Å². The van der Waals surface area contributed by atoms with Crippen LogP contribution >= 0.6 is 0 Å². The lowest BCUT2D eigenvalue weighted by Gasteiger charge is -2.06. The van der Waals surface area contributed by atoms with E-state index in [1.807, 2.05) is 6.08 Å². The second-order valence-corrected chi connectivity index (χ2v) is 8.01. The molecule has 2 aromatic rings. The Morgan fingerprint density at radius 1 is 0.886 bits per heavy atom. The molecular formula is C26H34N4O5. The second-order valence-electron chi connectivity index (χ2n) is 8.01. The number of non-ortho nitro benzene ring substituents is 1. The second kappa shape index (κ2) is 16.8. The van der Waals surface area contributed by atoms with Gasteiger partial charge in [0.2, 0.25) is 5.52 Å². The molecule has 2 N–H and O–H groups in total. The Morgan fingerprint density at radius 2 is 1.49 bits per heavy atom. The summed E-state index contributed by atoms with van der Waals surface area (Å²) < 4.78 is 4.67. The number of nitrogens with one attached hydrogen (secondary N) is 1. The quantitative estimate of drug-likeness (QED) is 0.103. The summed E-state index contributed by atoms with van der Waals surface area (Å²) in [6.45, 7) is 0.750. The van der Waals surface area contributed by atoms with E-state index in [1.54, 1.807) is 6.07 Å². The molecule has 0 fully saturated rings. The molecule has 1 aromatic heterocycles. The van der Waals surface area contributed by atoms with E-state index in [4.69, 9.17) is 5.11 Å². The highest BCUT2D eigenvalue weighted by atomic mass is 16.6. The number of aromatic nitrogens is 2. The predicted molar refractivity (Wildman–Crippen MR) is 137 cm³/mol. The smallest absolute Gasteiger partial charge is 0.303 e. The number of aliphatic carboxylic acids is 1. The van der Waals surface area contributed by atoms with Gasteiger partial charge in [-0.15, -0.1) is 0 Å². The number of fused-ring (bicyclic) bond motifs is 1. The van der Waals surface area contributed by atoms with Gasteiger partial charge in [0.05, 0.1) is 10.6 Å². The molecule has 2 rings (SSSR count). The Bertz CT molecular complexity index is 1040. The molecule has 0 aliphatic heterocycles. The first kappa shape index (κ1) is 27.5. The van der Waals surface area contributed by atoms with Crippen molar-refractivity contribution in [3.8, 4) is 0 Å². The SMILES string of the molecule is O=C(O)CCC/C=C\C/C=C\C/C=C\C/C=C\CCCCCNc1ccc([N+](=O)[O-])c2nonc12. The molecule has 0 unspecified atom stereocenters. The summed E-state index contributed by atoms with van der Waals surface area (Å²) in [6, 6.07) is 3.05. The summed E-state index contributed by atoms with van der Waals surface area (Å²) in [7, 11) is 0. The normalized spacial score (nSPS) is 12.1. The molecule has 0 spiro atoms. The predicted octanol–water partition coefficient (Wildman–Crippen LogP) is 6.75. The lowest BCUT2D eigenvalue weighted by atomic mass is 10.1. The van der Waals surface area contributed by atoms with Gasteiger partial charge in [-0.25, -0.2) is 4.63 Å². The van der Waals surface area contributed by atoms with Crippen LogP contribution in [0.4, 0.5) is 11.4 Å². The minimum absolute atomic E-state index is 0.111. The average molecular weight is 483 g/mol. The summed E-state index contributed by atoms with van der Waals surface area (Å²) in [6.07, 6.45) is 25.8. The zero-order valence-corrected chi connectivity index (χ0v) is 20.0. The number of carboxylic acid groups (broad SMARTS) is 1. The van der Waals surface area contributed by atoms with Gasteiger partial charge in [0, 0.05) is 19.0 Å². The number of nitro groups is 1. The van der Waals surface area contributed by atoms with E-state index in [0.29, 0.717) is 17.6 Å². The van der Waals surface area contributed by atoms with Crippen molar-refractivity contribution in [3.05, 3.63) is 70.9 Å². The fourth-order valence-corrected chi connectivity index (χ4v) is 3.35. The van der Waals surface area contributed by atoms with Crippen LogP contribution < -0.4 is 5.32 Å². The van der Waals surface area contributed by atoms with E-state index in [2.05, 4.69) is 62.8 Å². The van der Waals surface area contributed by atoms with Crippen molar-refractivity contribution in [2.45, 2.75) is 64.2 Å². The van der Waals surface area contributed by atoms with Crippen LogP contribution in [0.15, 0.2) is 65.4 Å². The Balaban J connectivity index is 1.47. The van der Waals surface area contributed by atoms with Crippen LogP contribution in [0, 0.1) is 10.1 Å². The van der Waals surface area contributed by atoms with Crippen LogP contribution in [-0.2, 0) is 4.79 Å². The zero-order valence-electron chi connectivity index (χ0n) is 20.0. The fourth-order valence-electron chi connectivity index (χ4n) is 3.35.